The lowest BCUT2D eigenvalue weighted by Gasteiger charge is -2.16. The molecule has 0 aliphatic heterocycles. The van der Waals surface area contributed by atoms with Gasteiger partial charge in [0.1, 0.15) is 5.52 Å². The number of imidazole rings is 1. The van der Waals surface area contributed by atoms with Gasteiger partial charge >= 0.3 is 0 Å². The number of rotatable bonds is 2. The van der Waals surface area contributed by atoms with Crippen LogP contribution in [-0.4, -0.2) is 9.38 Å². The van der Waals surface area contributed by atoms with Crippen LogP contribution >= 0.6 is 0 Å². The lowest BCUT2D eigenvalue weighted by Crippen LogP contribution is -2.27. The Morgan fingerprint density at radius 1 is 0.879 bits per heavy atom. The van der Waals surface area contributed by atoms with Gasteiger partial charge in [0.05, 0.1) is 18.0 Å². The third-order valence-electron chi connectivity index (χ3n) is 8.59. The van der Waals surface area contributed by atoms with E-state index in [9.17, 15) is 0 Å². The van der Waals surface area contributed by atoms with Crippen molar-refractivity contribution in [1.82, 2.24) is 9.38 Å². The first kappa shape index (κ1) is 19.5. The lowest BCUT2D eigenvalue weighted by molar-refractivity contribution is -0.617. The summed E-state index contributed by atoms with van der Waals surface area (Å²) in [4.78, 5) is 5.45. The number of benzene rings is 2. The van der Waals surface area contributed by atoms with E-state index in [1.165, 1.54) is 107 Å². The molecule has 2 saturated carbocycles. The summed E-state index contributed by atoms with van der Waals surface area (Å²) in [5.41, 5.74) is 10.7. The molecule has 2 fully saturated rings. The highest BCUT2D eigenvalue weighted by Crippen LogP contribution is 2.42. The van der Waals surface area contributed by atoms with E-state index in [0.29, 0.717) is 11.8 Å². The van der Waals surface area contributed by atoms with E-state index in [4.69, 9.17) is 4.98 Å². The third kappa shape index (κ3) is 2.74. The van der Waals surface area contributed by atoms with E-state index >= 15 is 0 Å². The molecule has 0 bridgehead atoms. The van der Waals surface area contributed by atoms with Crippen LogP contribution in [0.1, 0.15) is 80.0 Å². The van der Waals surface area contributed by atoms with E-state index in [0.717, 1.165) is 0 Å². The minimum absolute atomic E-state index is 0.622. The Morgan fingerprint density at radius 3 is 2.39 bits per heavy atom. The third-order valence-corrected chi connectivity index (χ3v) is 8.59. The lowest BCUT2D eigenvalue weighted by atomic mass is 9.93. The first-order chi connectivity index (χ1) is 16.2. The summed E-state index contributed by atoms with van der Waals surface area (Å²) in [7, 11) is 2.23. The van der Waals surface area contributed by atoms with Crippen LogP contribution in [0.15, 0.2) is 48.5 Å². The van der Waals surface area contributed by atoms with Gasteiger partial charge in [-0.05, 0) is 68.4 Å². The van der Waals surface area contributed by atoms with E-state index in [1.807, 2.05) is 0 Å². The quantitative estimate of drug-likeness (QED) is 0.212. The van der Waals surface area contributed by atoms with Gasteiger partial charge in [-0.25, -0.2) is 4.57 Å². The average Bonchev–Trinajstić information content (AvgIpc) is 3.61. The van der Waals surface area contributed by atoms with Gasteiger partial charge in [0.15, 0.2) is 11.0 Å². The predicted octanol–water partition coefficient (Wildman–Crippen LogP) is 7.24. The van der Waals surface area contributed by atoms with Crippen molar-refractivity contribution in [3.05, 3.63) is 65.4 Å². The molecule has 0 saturated heterocycles. The Balaban J connectivity index is 1.71. The van der Waals surface area contributed by atoms with E-state index in [-0.39, 0.29) is 0 Å². The standard InChI is InChI=1S/C30H32N3/c1-19-18-24(21-12-5-6-13-21)31-28-23-15-9-14-22(20-10-3-4-11-20)29(23)33-26-17-8-7-16-25(26)32(2)30(33)27(19)28/h7-9,14-18,20-21H,3-6,10-13H2,1-2H3/q+1. The van der Waals surface area contributed by atoms with Crippen LogP contribution in [0.4, 0.5) is 0 Å². The summed E-state index contributed by atoms with van der Waals surface area (Å²) < 4.78 is 4.96. The largest absolute Gasteiger partial charge is 0.297 e. The van der Waals surface area contributed by atoms with Crippen molar-refractivity contribution >= 4 is 38.5 Å². The van der Waals surface area contributed by atoms with Gasteiger partial charge in [-0.3, -0.25) is 4.98 Å². The molecule has 5 aromatic rings. The molecule has 0 radical (unpaired) electrons. The molecule has 3 heteroatoms. The molecule has 0 spiro atoms. The van der Waals surface area contributed by atoms with Gasteiger partial charge < -0.3 is 0 Å². The van der Waals surface area contributed by atoms with Gasteiger partial charge in [0.25, 0.3) is 5.65 Å². The van der Waals surface area contributed by atoms with E-state index < -0.39 is 0 Å². The van der Waals surface area contributed by atoms with Gasteiger partial charge in [0.2, 0.25) is 0 Å². The normalized spacial score (nSPS) is 18.0. The maximum atomic E-state index is 5.45. The summed E-state index contributed by atoms with van der Waals surface area (Å²) >= 11 is 0. The molecule has 0 unspecified atom stereocenters. The highest BCUT2D eigenvalue weighted by Gasteiger charge is 2.30. The second kappa shape index (κ2) is 7.28. The van der Waals surface area contributed by atoms with Crippen molar-refractivity contribution in [1.29, 1.82) is 0 Å². The van der Waals surface area contributed by atoms with Crippen molar-refractivity contribution in [2.45, 2.75) is 70.1 Å². The van der Waals surface area contributed by atoms with Gasteiger partial charge in [-0.15, -0.1) is 0 Å². The molecule has 2 aliphatic rings. The molecule has 0 atom stereocenters. The number of nitrogens with zero attached hydrogens (tertiary/aromatic N) is 3. The number of hydrogen-bond acceptors (Lipinski definition) is 1. The number of hydrogen-bond donors (Lipinski definition) is 0. The molecule has 33 heavy (non-hydrogen) atoms. The Labute approximate surface area is 195 Å². The smallest absolute Gasteiger partial charge is 0.251 e. The van der Waals surface area contributed by atoms with Crippen molar-refractivity contribution in [2.75, 3.05) is 0 Å². The first-order valence-corrected chi connectivity index (χ1v) is 12.9. The number of pyridine rings is 2. The Hall–Kier alpha value is -2.94. The minimum atomic E-state index is 0.622. The van der Waals surface area contributed by atoms with Crippen LogP contribution in [-0.2, 0) is 7.05 Å². The fourth-order valence-corrected chi connectivity index (χ4v) is 7.00. The van der Waals surface area contributed by atoms with Crippen LogP contribution in [0, 0.1) is 6.92 Å². The molecule has 166 valence electrons. The highest BCUT2D eigenvalue weighted by atomic mass is 15.1. The fraction of sp³-hybridized carbons (Fsp3) is 0.400. The number of fused-ring (bicyclic) bond motifs is 8. The SMILES string of the molecule is Cc1cc(C2CCCC2)nc2c3cccc(C4CCCC4)c3n3c4ccccc4[n+](C)c3c12. The van der Waals surface area contributed by atoms with Crippen molar-refractivity contribution in [3.63, 3.8) is 0 Å². The second-order valence-electron chi connectivity index (χ2n) is 10.5. The van der Waals surface area contributed by atoms with Crippen LogP contribution in [0.5, 0.6) is 0 Å². The molecule has 2 aliphatic carbocycles. The summed E-state index contributed by atoms with van der Waals surface area (Å²) in [6.45, 7) is 2.30. The van der Waals surface area contributed by atoms with Gasteiger partial charge in [-0.2, -0.15) is 4.40 Å². The van der Waals surface area contributed by atoms with Crippen LogP contribution < -0.4 is 4.57 Å². The molecular weight excluding hydrogens is 402 g/mol. The average molecular weight is 435 g/mol. The first-order valence-electron chi connectivity index (χ1n) is 12.9. The monoisotopic (exact) mass is 434 g/mol. The predicted molar refractivity (Wildman–Crippen MR) is 136 cm³/mol. The van der Waals surface area contributed by atoms with Crippen LogP contribution in [0.3, 0.4) is 0 Å². The maximum absolute atomic E-state index is 5.45. The number of aryl methyl sites for hydroxylation is 2. The van der Waals surface area contributed by atoms with Crippen LogP contribution in [0.25, 0.3) is 38.5 Å². The van der Waals surface area contributed by atoms with Crippen molar-refractivity contribution in [2.24, 2.45) is 7.05 Å². The molecule has 3 nitrogen and oxygen atoms in total. The second-order valence-corrected chi connectivity index (χ2v) is 10.5. The molecule has 3 aromatic heterocycles. The topological polar surface area (TPSA) is 21.2 Å². The van der Waals surface area contributed by atoms with Crippen molar-refractivity contribution < 1.29 is 4.57 Å². The Morgan fingerprint density at radius 2 is 1.61 bits per heavy atom. The summed E-state index contributed by atoms with van der Waals surface area (Å²) in [6, 6.07) is 18.3. The molecule has 0 N–H and O–H groups in total. The maximum Gasteiger partial charge on any atom is 0.297 e. The zero-order chi connectivity index (χ0) is 22.1. The molecule has 2 aromatic carbocycles. The Bertz CT molecular complexity index is 1550. The minimum Gasteiger partial charge on any atom is -0.251 e. The van der Waals surface area contributed by atoms with E-state index in [1.54, 1.807) is 0 Å². The van der Waals surface area contributed by atoms with Crippen molar-refractivity contribution in [3.8, 4) is 0 Å². The molecule has 7 rings (SSSR count). The Kier molecular flexibility index (Phi) is 4.31. The zero-order valence-corrected chi connectivity index (χ0v) is 19.8. The zero-order valence-electron chi connectivity index (χ0n) is 19.8. The van der Waals surface area contributed by atoms with Gasteiger partial charge in [0, 0.05) is 22.6 Å². The summed E-state index contributed by atoms with van der Waals surface area (Å²) in [5, 5.41) is 2.64. The highest BCUT2D eigenvalue weighted by molar-refractivity contribution is 6.12. The number of aromatic nitrogens is 3. The summed E-state index contributed by atoms with van der Waals surface area (Å²) in [6.07, 6.45) is 10.6. The molecule has 0 amide bonds. The van der Waals surface area contributed by atoms with Crippen LogP contribution in [0.2, 0.25) is 0 Å². The fourth-order valence-electron chi connectivity index (χ4n) is 7.00. The molecular formula is C30H32N3+. The van der Waals surface area contributed by atoms with E-state index in [2.05, 4.69) is 71.5 Å². The number of para-hydroxylation sites is 3. The van der Waals surface area contributed by atoms with Gasteiger partial charge in [-0.1, -0.05) is 49.9 Å². The summed E-state index contributed by atoms with van der Waals surface area (Å²) in [5.74, 6) is 1.27. The molecule has 3 heterocycles.